The Kier molecular flexibility index (Phi) is 7.26. The van der Waals surface area contributed by atoms with E-state index in [0.717, 1.165) is 9.58 Å². The molecule has 1 aromatic carbocycles. The number of imide groups is 1. The van der Waals surface area contributed by atoms with Gasteiger partial charge in [-0.3, -0.25) is 15.0 Å². The fourth-order valence-electron chi connectivity index (χ4n) is 5.00. The Morgan fingerprint density at radius 1 is 1.24 bits per heavy atom. The highest BCUT2D eigenvalue weighted by atomic mass is 19.4. The van der Waals surface area contributed by atoms with Crippen LogP contribution >= 0.6 is 0 Å². The second kappa shape index (κ2) is 10.6. The van der Waals surface area contributed by atoms with Gasteiger partial charge in [0, 0.05) is 32.2 Å². The first-order valence-electron chi connectivity index (χ1n) is 12.8. The van der Waals surface area contributed by atoms with Crippen molar-refractivity contribution in [3.63, 3.8) is 0 Å². The Balaban J connectivity index is 1.50. The minimum atomic E-state index is -5.02. The normalized spacial score (nSPS) is 20.5. The number of alkyl halides is 3. The molecule has 0 saturated carbocycles. The number of hydrogen-bond donors (Lipinski definition) is 3. The Morgan fingerprint density at radius 3 is 2.48 bits per heavy atom. The lowest BCUT2D eigenvalue weighted by atomic mass is 9.86. The zero-order valence-corrected chi connectivity index (χ0v) is 22.5. The number of aliphatic hydroxyl groups is 1. The molecule has 3 unspecified atom stereocenters. The first-order valence-corrected chi connectivity index (χ1v) is 12.8. The van der Waals surface area contributed by atoms with Gasteiger partial charge in [-0.1, -0.05) is 24.3 Å². The summed E-state index contributed by atoms with van der Waals surface area (Å²) in [5, 5.41) is 21.3. The van der Waals surface area contributed by atoms with Crippen LogP contribution in [0.1, 0.15) is 45.4 Å². The number of carbonyl (C=O) groups is 3. The third kappa shape index (κ3) is 5.20. The van der Waals surface area contributed by atoms with E-state index in [1.54, 1.807) is 31.2 Å². The second-order valence-electron chi connectivity index (χ2n) is 10.2. The van der Waals surface area contributed by atoms with Gasteiger partial charge in [-0.05, 0) is 25.0 Å². The number of nitrogens with one attached hydrogen (secondary N) is 1. The van der Waals surface area contributed by atoms with Crippen molar-refractivity contribution >= 4 is 29.6 Å². The molecule has 16 heteroatoms. The van der Waals surface area contributed by atoms with Crippen LogP contribution in [0.25, 0.3) is 0 Å². The number of halogens is 3. The number of hydrogen-bond acceptors (Lipinski definition) is 9. The van der Waals surface area contributed by atoms with Gasteiger partial charge in [0.2, 0.25) is 11.9 Å². The zero-order valence-electron chi connectivity index (χ0n) is 22.5. The summed E-state index contributed by atoms with van der Waals surface area (Å²) < 4.78 is 48.8. The molecule has 5 rings (SSSR count). The molecule has 0 bridgehead atoms. The molecule has 2 aliphatic rings. The number of nitrogens with two attached hydrogens (primary N) is 1. The van der Waals surface area contributed by atoms with Gasteiger partial charge in [-0.2, -0.15) is 22.8 Å². The van der Waals surface area contributed by atoms with Crippen molar-refractivity contribution in [2.24, 2.45) is 5.73 Å². The van der Waals surface area contributed by atoms with E-state index in [4.69, 9.17) is 15.6 Å². The minimum absolute atomic E-state index is 0.00680. The van der Waals surface area contributed by atoms with Crippen molar-refractivity contribution in [1.82, 2.24) is 24.6 Å². The summed E-state index contributed by atoms with van der Waals surface area (Å²) in [4.78, 5) is 46.1. The molecular formula is C26H27F3N8O5. The van der Waals surface area contributed by atoms with Crippen LogP contribution in [0.5, 0.6) is 0 Å². The molecule has 13 nitrogen and oxygen atoms in total. The standard InChI is InChI=1S/C26H27F3N8O5/c1-13-9-16(12-42-13)22(39)37-24(34(2)10-14-3-5-15(6-4-14)20(30)31)32-21(33-37)18-19(26(27,28)29)36(23(18)40)25(41)35-8-7-17(38)11-35/h3-6,9,12,17-19,38H,7-8,10-11H2,1-2H3,(H3,30,31). The molecule has 2 aromatic heterocycles. The summed E-state index contributed by atoms with van der Waals surface area (Å²) in [7, 11) is 1.54. The number of carbonyl (C=O) groups excluding carboxylic acids is 3. The summed E-state index contributed by atoms with van der Waals surface area (Å²) in [6.45, 7) is 1.54. The summed E-state index contributed by atoms with van der Waals surface area (Å²) in [6.07, 6.45) is -4.56. The summed E-state index contributed by atoms with van der Waals surface area (Å²) in [5.74, 6) is -4.33. The second-order valence-corrected chi connectivity index (χ2v) is 10.2. The molecule has 4 heterocycles. The molecule has 0 spiro atoms. The molecule has 2 saturated heterocycles. The largest absolute Gasteiger partial charge is 0.469 e. The molecular weight excluding hydrogens is 561 g/mol. The number of nitrogens with zero attached hydrogens (tertiary/aromatic N) is 6. The van der Waals surface area contributed by atoms with Crippen molar-refractivity contribution in [3.8, 4) is 0 Å². The number of aliphatic hydroxyl groups excluding tert-OH is 1. The molecule has 222 valence electrons. The fraction of sp³-hybridized carbons (Fsp3) is 0.385. The molecule has 0 aliphatic carbocycles. The van der Waals surface area contributed by atoms with E-state index < -0.39 is 47.9 Å². The maximum absolute atomic E-state index is 14.3. The van der Waals surface area contributed by atoms with Crippen LogP contribution in [0.3, 0.4) is 0 Å². The van der Waals surface area contributed by atoms with E-state index >= 15 is 0 Å². The van der Waals surface area contributed by atoms with Crippen molar-refractivity contribution in [1.29, 1.82) is 5.41 Å². The monoisotopic (exact) mass is 588 g/mol. The lowest BCUT2D eigenvalue weighted by molar-refractivity contribution is -0.212. The number of anilines is 1. The number of benzene rings is 1. The number of β-amino-alcohol motifs (C(OH)–C–C–N with tert-alkyl or cyclic N) is 1. The summed E-state index contributed by atoms with van der Waals surface area (Å²) >= 11 is 0. The highest BCUT2D eigenvalue weighted by Gasteiger charge is 2.66. The van der Waals surface area contributed by atoms with Crippen LogP contribution in [-0.4, -0.2) is 91.8 Å². The molecule has 42 heavy (non-hydrogen) atoms. The predicted octanol–water partition coefficient (Wildman–Crippen LogP) is 1.83. The van der Waals surface area contributed by atoms with Gasteiger partial charge in [0.1, 0.15) is 23.8 Å². The first kappa shape index (κ1) is 28.8. The Hall–Kier alpha value is -4.73. The zero-order chi connectivity index (χ0) is 30.5. The number of aromatic nitrogens is 3. The molecule has 2 fully saturated rings. The first-order chi connectivity index (χ1) is 19.8. The average molecular weight is 589 g/mol. The SMILES string of the molecule is Cc1cc(C(=O)n2nc(C3C(=O)N(C(=O)N4CCC(O)C4)C3C(F)(F)F)nc2N(C)Cc2ccc(C(=N)N)cc2)co1. The van der Waals surface area contributed by atoms with Gasteiger partial charge in [0.15, 0.2) is 11.9 Å². The van der Waals surface area contributed by atoms with Crippen LogP contribution in [0.4, 0.5) is 23.9 Å². The van der Waals surface area contributed by atoms with Gasteiger partial charge >= 0.3 is 12.2 Å². The quantitative estimate of drug-likeness (QED) is 0.220. The number of urea groups is 1. The number of likely N-dealkylation sites (tertiary alicyclic amines) is 2. The summed E-state index contributed by atoms with van der Waals surface area (Å²) in [6, 6.07) is 4.31. The van der Waals surface area contributed by atoms with Gasteiger partial charge in [0.25, 0.3) is 5.91 Å². The van der Waals surface area contributed by atoms with E-state index in [2.05, 4.69) is 10.1 Å². The van der Waals surface area contributed by atoms with Crippen molar-refractivity contribution < 1.29 is 37.1 Å². The number of aryl methyl sites for hydroxylation is 1. The van der Waals surface area contributed by atoms with E-state index in [1.165, 1.54) is 24.3 Å². The van der Waals surface area contributed by atoms with Gasteiger partial charge in [0.05, 0.1) is 11.7 Å². The van der Waals surface area contributed by atoms with Crippen molar-refractivity contribution in [2.45, 2.75) is 44.1 Å². The average Bonchev–Trinajstić information content (AvgIpc) is 3.66. The lowest BCUT2D eigenvalue weighted by Crippen LogP contribution is -2.69. The number of amidine groups is 1. The Bertz CT molecular complexity index is 1550. The van der Waals surface area contributed by atoms with Crippen molar-refractivity contribution in [2.75, 3.05) is 25.0 Å². The molecule has 2 aliphatic heterocycles. The third-order valence-corrected chi connectivity index (χ3v) is 7.15. The topological polar surface area (TPSA) is 175 Å². The highest BCUT2D eigenvalue weighted by molar-refractivity contribution is 6.04. The number of rotatable bonds is 6. The van der Waals surface area contributed by atoms with Crippen LogP contribution in [0, 0.1) is 12.3 Å². The van der Waals surface area contributed by atoms with Gasteiger partial charge in [-0.25, -0.2) is 9.69 Å². The maximum Gasteiger partial charge on any atom is 0.410 e. The van der Waals surface area contributed by atoms with Crippen LogP contribution in [0.2, 0.25) is 0 Å². The number of β-lactam (4-membered cyclic amide) rings is 1. The maximum atomic E-state index is 14.3. The van der Waals surface area contributed by atoms with E-state index in [0.29, 0.717) is 16.9 Å². The predicted molar refractivity (Wildman–Crippen MR) is 140 cm³/mol. The molecule has 3 aromatic rings. The van der Waals surface area contributed by atoms with Crippen LogP contribution in [0.15, 0.2) is 41.0 Å². The van der Waals surface area contributed by atoms with Crippen LogP contribution < -0.4 is 10.6 Å². The fourth-order valence-corrected chi connectivity index (χ4v) is 5.00. The number of nitrogen functional groups attached to an aromatic ring is 1. The number of amides is 3. The van der Waals surface area contributed by atoms with Crippen LogP contribution in [-0.2, 0) is 11.3 Å². The highest BCUT2D eigenvalue weighted by Crippen LogP contribution is 2.45. The lowest BCUT2D eigenvalue weighted by Gasteiger charge is -2.45. The Morgan fingerprint density at radius 2 is 1.93 bits per heavy atom. The van der Waals surface area contributed by atoms with Crippen molar-refractivity contribution in [3.05, 3.63) is 64.9 Å². The Labute approximate surface area is 236 Å². The van der Waals surface area contributed by atoms with Gasteiger partial charge in [-0.15, -0.1) is 5.10 Å². The smallest absolute Gasteiger partial charge is 0.410 e. The molecule has 3 amide bonds. The summed E-state index contributed by atoms with van der Waals surface area (Å²) in [5.41, 5.74) is 6.74. The molecule has 3 atom stereocenters. The van der Waals surface area contributed by atoms with E-state index in [1.807, 2.05) is 0 Å². The van der Waals surface area contributed by atoms with E-state index in [-0.39, 0.29) is 48.3 Å². The van der Waals surface area contributed by atoms with E-state index in [9.17, 15) is 32.7 Å². The molecule has 4 N–H and O–H groups in total. The molecule has 0 radical (unpaired) electrons. The minimum Gasteiger partial charge on any atom is -0.469 e. The third-order valence-electron chi connectivity index (χ3n) is 7.15. The van der Waals surface area contributed by atoms with Gasteiger partial charge < -0.3 is 25.1 Å². The number of furan rings is 1.